The summed E-state index contributed by atoms with van der Waals surface area (Å²) < 4.78 is 24.3. The Bertz CT molecular complexity index is 584. The lowest BCUT2D eigenvalue weighted by Crippen LogP contribution is -2.14. The van der Waals surface area contributed by atoms with Crippen LogP contribution in [0.3, 0.4) is 0 Å². The number of benzene rings is 1. The van der Waals surface area contributed by atoms with Gasteiger partial charge in [-0.15, -0.1) is 0 Å². The lowest BCUT2D eigenvalue weighted by molar-refractivity contribution is 0.588. The molecule has 1 unspecified atom stereocenters. The molecule has 4 heteroatoms. The van der Waals surface area contributed by atoms with Gasteiger partial charge in [0.25, 0.3) is 0 Å². The number of rotatable bonds is 3. The van der Waals surface area contributed by atoms with E-state index in [1.54, 1.807) is 19.1 Å². The van der Waals surface area contributed by atoms with Gasteiger partial charge in [-0.1, -0.05) is 6.07 Å². The van der Waals surface area contributed by atoms with E-state index in [0.29, 0.717) is 4.90 Å². The van der Waals surface area contributed by atoms with Gasteiger partial charge < -0.3 is 0 Å². The Morgan fingerprint density at radius 3 is 2.61 bits per heavy atom. The largest absolute Gasteiger partial charge is 0.224 e. The topological polar surface area (TPSA) is 57.9 Å². The van der Waals surface area contributed by atoms with Crippen molar-refractivity contribution in [3.05, 3.63) is 29.3 Å². The molecule has 96 valence electrons. The maximum Gasteiger partial charge on any atom is 0.179 e. The predicted molar refractivity (Wildman–Crippen MR) is 69.9 cm³/mol. The maximum absolute atomic E-state index is 12.1. The summed E-state index contributed by atoms with van der Waals surface area (Å²) in [7, 11) is -3.33. The van der Waals surface area contributed by atoms with Crippen molar-refractivity contribution in [3.8, 4) is 6.07 Å². The molecule has 2 rings (SSSR count). The van der Waals surface area contributed by atoms with Gasteiger partial charge in [0.2, 0.25) is 0 Å². The summed E-state index contributed by atoms with van der Waals surface area (Å²) in [4.78, 5) is 0.366. The van der Waals surface area contributed by atoms with Crippen LogP contribution in [0, 0.1) is 17.2 Å². The number of nitrogens with zero attached hydrogens (tertiary/aromatic N) is 1. The minimum Gasteiger partial charge on any atom is -0.224 e. The van der Waals surface area contributed by atoms with E-state index >= 15 is 0 Å². The van der Waals surface area contributed by atoms with Crippen LogP contribution in [0.5, 0.6) is 0 Å². The molecule has 1 aromatic rings. The summed E-state index contributed by atoms with van der Waals surface area (Å²) in [6.07, 6.45) is 4.33. The quantitative estimate of drug-likeness (QED) is 0.842. The zero-order valence-corrected chi connectivity index (χ0v) is 11.3. The van der Waals surface area contributed by atoms with Gasteiger partial charge in [0, 0.05) is 0 Å². The van der Waals surface area contributed by atoms with E-state index in [1.807, 2.05) is 12.1 Å². The van der Waals surface area contributed by atoms with E-state index in [-0.39, 0.29) is 5.75 Å². The van der Waals surface area contributed by atoms with Crippen molar-refractivity contribution >= 4 is 9.84 Å². The molecule has 0 saturated heterocycles. The summed E-state index contributed by atoms with van der Waals surface area (Å²) in [6.45, 7) is 1.63. The highest BCUT2D eigenvalue weighted by atomic mass is 32.2. The van der Waals surface area contributed by atoms with E-state index < -0.39 is 15.8 Å². The molecule has 0 heterocycles. The molecular formula is C14H17NO2S. The maximum atomic E-state index is 12.1. The first kappa shape index (κ1) is 13.1. The summed E-state index contributed by atoms with van der Waals surface area (Å²) in [6, 6.07) is 7.39. The fraction of sp³-hybridized carbons (Fsp3) is 0.500. The SMILES string of the molecule is CC(C#N)CS(=O)(=O)c1ccc2c(c1)CCCC2. The van der Waals surface area contributed by atoms with Crippen LogP contribution in [-0.4, -0.2) is 14.2 Å². The number of hydrogen-bond acceptors (Lipinski definition) is 3. The summed E-state index contributed by atoms with van der Waals surface area (Å²) in [5.41, 5.74) is 2.43. The molecule has 0 saturated carbocycles. The molecule has 0 spiro atoms. The van der Waals surface area contributed by atoms with E-state index in [4.69, 9.17) is 5.26 Å². The lowest BCUT2D eigenvalue weighted by Gasteiger charge is -2.16. The van der Waals surface area contributed by atoms with Gasteiger partial charge >= 0.3 is 0 Å². The van der Waals surface area contributed by atoms with Gasteiger partial charge in [0.1, 0.15) is 0 Å². The van der Waals surface area contributed by atoms with Crippen LogP contribution < -0.4 is 0 Å². The van der Waals surface area contributed by atoms with Crippen LogP contribution >= 0.6 is 0 Å². The Morgan fingerprint density at radius 1 is 1.28 bits per heavy atom. The predicted octanol–water partition coefficient (Wildman–Crippen LogP) is 2.50. The van der Waals surface area contributed by atoms with Crippen LogP contribution in [-0.2, 0) is 22.7 Å². The van der Waals surface area contributed by atoms with E-state index in [9.17, 15) is 8.42 Å². The first-order valence-electron chi connectivity index (χ1n) is 6.27. The summed E-state index contributed by atoms with van der Waals surface area (Å²) in [5.74, 6) is -0.562. The third kappa shape index (κ3) is 2.73. The highest BCUT2D eigenvalue weighted by Crippen LogP contribution is 2.25. The normalized spacial score (nSPS) is 16.7. The highest BCUT2D eigenvalue weighted by molar-refractivity contribution is 7.91. The Balaban J connectivity index is 2.31. The van der Waals surface area contributed by atoms with Crippen molar-refractivity contribution in [1.82, 2.24) is 0 Å². The van der Waals surface area contributed by atoms with E-state index in [2.05, 4.69) is 0 Å². The van der Waals surface area contributed by atoms with E-state index in [0.717, 1.165) is 24.8 Å². The molecule has 0 N–H and O–H groups in total. The molecule has 0 amide bonds. The second-order valence-electron chi connectivity index (χ2n) is 4.95. The van der Waals surface area contributed by atoms with Crippen LogP contribution in [0.1, 0.15) is 30.9 Å². The fourth-order valence-electron chi connectivity index (χ4n) is 2.37. The molecule has 0 aliphatic heterocycles. The summed E-state index contributed by atoms with van der Waals surface area (Å²) >= 11 is 0. The molecule has 0 aromatic heterocycles. The first-order valence-corrected chi connectivity index (χ1v) is 7.92. The number of sulfone groups is 1. The summed E-state index contributed by atoms with van der Waals surface area (Å²) in [5, 5.41) is 8.72. The Morgan fingerprint density at radius 2 is 1.94 bits per heavy atom. The Kier molecular flexibility index (Phi) is 3.72. The molecule has 0 radical (unpaired) electrons. The van der Waals surface area contributed by atoms with Crippen molar-refractivity contribution in [2.24, 2.45) is 5.92 Å². The van der Waals surface area contributed by atoms with Crippen molar-refractivity contribution < 1.29 is 8.42 Å². The van der Waals surface area contributed by atoms with E-state index in [1.165, 1.54) is 12.0 Å². The number of fused-ring (bicyclic) bond motifs is 1. The zero-order chi connectivity index (χ0) is 13.2. The van der Waals surface area contributed by atoms with Crippen LogP contribution in [0.2, 0.25) is 0 Å². The van der Waals surface area contributed by atoms with Gasteiger partial charge in [0.05, 0.1) is 22.6 Å². The second kappa shape index (κ2) is 5.11. The van der Waals surface area contributed by atoms with Crippen LogP contribution in [0.15, 0.2) is 23.1 Å². The molecule has 0 fully saturated rings. The van der Waals surface area contributed by atoms with Gasteiger partial charge in [-0.05, 0) is 55.9 Å². The van der Waals surface area contributed by atoms with Crippen molar-refractivity contribution in [2.75, 3.05) is 5.75 Å². The Hall–Kier alpha value is -1.34. The van der Waals surface area contributed by atoms with Crippen molar-refractivity contribution in [2.45, 2.75) is 37.5 Å². The average Bonchev–Trinajstić information content (AvgIpc) is 2.37. The first-order chi connectivity index (χ1) is 8.53. The number of aryl methyl sites for hydroxylation is 2. The minimum absolute atomic E-state index is 0.0950. The molecule has 3 nitrogen and oxygen atoms in total. The van der Waals surface area contributed by atoms with Gasteiger partial charge in [0.15, 0.2) is 9.84 Å². The molecular weight excluding hydrogens is 246 g/mol. The van der Waals surface area contributed by atoms with Crippen molar-refractivity contribution in [1.29, 1.82) is 5.26 Å². The minimum atomic E-state index is -3.33. The third-order valence-electron chi connectivity index (χ3n) is 3.37. The van der Waals surface area contributed by atoms with Crippen molar-refractivity contribution in [3.63, 3.8) is 0 Å². The molecule has 18 heavy (non-hydrogen) atoms. The lowest BCUT2D eigenvalue weighted by atomic mass is 9.92. The second-order valence-corrected chi connectivity index (χ2v) is 6.98. The number of hydrogen-bond donors (Lipinski definition) is 0. The van der Waals surface area contributed by atoms with Gasteiger partial charge in [-0.25, -0.2) is 8.42 Å². The third-order valence-corrected chi connectivity index (χ3v) is 5.28. The van der Waals surface area contributed by atoms with Crippen LogP contribution in [0.4, 0.5) is 0 Å². The van der Waals surface area contributed by atoms with Gasteiger partial charge in [-0.3, -0.25) is 0 Å². The molecule has 1 aromatic carbocycles. The number of nitriles is 1. The fourth-order valence-corrected chi connectivity index (χ4v) is 3.89. The van der Waals surface area contributed by atoms with Crippen LogP contribution in [0.25, 0.3) is 0 Å². The average molecular weight is 263 g/mol. The molecule has 0 bridgehead atoms. The molecule has 1 aliphatic rings. The van der Waals surface area contributed by atoms with Gasteiger partial charge in [-0.2, -0.15) is 5.26 Å². The monoisotopic (exact) mass is 263 g/mol. The Labute approximate surface area is 108 Å². The smallest absolute Gasteiger partial charge is 0.179 e. The zero-order valence-electron chi connectivity index (χ0n) is 10.5. The molecule has 1 aliphatic carbocycles. The highest BCUT2D eigenvalue weighted by Gasteiger charge is 2.20. The molecule has 1 atom stereocenters. The standard InChI is InChI=1S/C14H17NO2S/c1-11(9-15)10-18(16,17)14-7-6-12-4-2-3-5-13(12)8-14/h6-8,11H,2-5,10H2,1H3.